The molecule has 8 heteroatoms. The molecular formula is C17H28NO6P. The number of nitrogens with zero attached hydrogens (tertiary/aromatic N) is 1. The van der Waals surface area contributed by atoms with Gasteiger partial charge >= 0.3 is 13.6 Å². The fourth-order valence-electron chi connectivity index (χ4n) is 2.40. The van der Waals surface area contributed by atoms with Crippen LogP contribution >= 0.6 is 7.60 Å². The van der Waals surface area contributed by atoms with E-state index in [1.807, 2.05) is 0 Å². The first kappa shape index (κ1) is 21.6. The van der Waals surface area contributed by atoms with E-state index in [-0.39, 0.29) is 13.2 Å². The average Bonchev–Trinajstić information content (AvgIpc) is 2.99. The molecule has 1 aliphatic heterocycles. The second-order valence-corrected chi connectivity index (χ2v) is 8.77. The van der Waals surface area contributed by atoms with E-state index in [1.165, 1.54) is 17.1 Å². The molecule has 1 aliphatic rings. The topological polar surface area (TPSA) is 82.1 Å². The number of carbonyl (C=O) groups excluding carboxylic acids is 2. The fraction of sp³-hybridized carbons (Fsp3) is 0.647. The van der Waals surface area contributed by atoms with Crippen molar-refractivity contribution in [1.82, 2.24) is 4.90 Å². The summed E-state index contributed by atoms with van der Waals surface area (Å²) in [4.78, 5) is 26.3. The first-order valence-corrected chi connectivity index (χ1v) is 9.97. The quantitative estimate of drug-likeness (QED) is 0.351. The standard InChI is InChI=1S/C17H28NO6P/c1-6-11-22-25(21,23-12-7-2)13-15(19)18-10-8-9-14(18)16(20)24-17(3,4)5/h6-7,14H,1-2,8-13H2,3-5H3/t14-/m0/s1. The van der Waals surface area contributed by atoms with Crippen molar-refractivity contribution in [3.63, 3.8) is 0 Å². The molecule has 1 rings (SSSR count). The van der Waals surface area contributed by atoms with Crippen molar-refractivity contribution < 1.29 is 27.9 Å². The monoisotopic (exact) mass is 373 g/mol. The molecule has 0 spiro atoms. The van der Waals surface area contributed by atoms with Crippen molar-refractivity contribution >= 4 is 19.5 Å². The Hall–Kier alpha value is -1.43. The Morgan fingerprint density at radius 1 is 1.20 bits per heavy atom. The zero-order valence-corrected chi connectivity index (χ0v) is 16.1. The summed E-state index contributed by atoms with van der Waals surface area (Å²) in [5.74, 6) is -0.906. The molecule has 0 aliphatic carbocycles. The summed E-state index contributed by atoms with van der Waals surface area (Å²) in [7, 11) is -3.64. The van der Waals surface area contributed by atoms with E-state index in [4.69, 9.17) is 13.8 Å². The minimum Gasteiger partial charge on any atom is -0.458 e. The molecule has 1 amide bonds. The van der Waals surface area contributed by atoms with Gasteiger partial charge in [0.15, 0.2) is 0 Å². The predicted molar refractivity (Wildman–Crippen MR) is 95.4 cm³/mol. The number of hydrogen-bond donors (Lipinski definition) is 0. The molecule has 0 aromatic rings. The number of carbonyl (C=O) groups is 2. The van der Waals surface area contributed by atoms with Crippen molar-refractivity contribution in [2.75, 3.05) is 25.9 Å². The van der Waals surface area contributed by atoms with Gasteiger partial charge in [0.1, 0.15) is 17.8 Å². The van der Waals surface area contributed by atoms with Crippen LogP contribution in [0.15, 0.2) is 25.3 Å². The van der Waals surface area contributed by atoms with Gasteiger partial charge in [-0.25, -0.2) is 4.79 Å². The van der Waals surface area contributed by atoms with Gasteiger partial charge in [-0.15, -0.1) is 13.2 Å². The third-order valence-electron chi connectivity index (χ3n) is 3.36. The Labute approximate surface area is 149 Å². The molecule has 0 aromatic heterocycles. The zero-order chi connectivity index (χ0) is 19.1. The Kier molecular flexibility index (Phi) is 8.06. The lowest BCUT2D eigenvalue weighted by Gasteiger charge is -2.28. The van der Waals surface area contributed by atoms with Crippen molar-refractivity contribution in [1.29, 1.82) is 0 Å². The highest BCUT2D eigenvalue weighted by atomic mass is 31.2. The normalized spacial score (nSPS) is 18.0. The average molecular weight is 373 g/mol. The molecule has 0 aromatic carbocycles. The largest absolute Gasteiger partial charge is 0.458 e. The lowest BCUT2D eigenvalue weighted by atomic mass is 10.1. The van der Waals surface area contributed by atoms with Gasteiger partial charge in [-0.3, -0.25) is 9.36 Å². The van der Waals surface area contributed by atoms with Crippen molar-refractivity contribution in [3.8, 4) is 0 Å². The van der Waals surface area contributed by atoms with E-state index >= 15 is 0 Å². The molecular weight excluding hydrogens is 345 g/mol. The van der Waals surface area contributed by atoms with E-state index in [1.54, 1.807) is 20.8 Å². The fourth-order valence-corrected chi connectivity index (χ4v) is 3.83. The highest BCUT2D eigenvalue weighted by Gasteiger charge is 2.40. The van der Waals surface area contributed by atoms with Gasteiger partial charge in [-0.05, 0) is 33.6 Å². The summed E-state index contributed by atoms with van der Waals surface area (Å²) in [5.41, 5.74) is -0.635. The van der Waals surface area contributed by atoms with Gasteiger partial charge in [0.2, 0.25) is 5.91 Å². The third kappa shape index (κ3) is 7.14. The van der Waals surface area contributed by atoms with E-state index < -0.39 is 37.3 Å². The Bertz CT molecular complexity index is 538. The summed E-state index contributed by atoms with van der Waals surface area (Å²) < 4.78 is 28.5. The highest BCUT2D eigenvalue weighted by Crippen LogP contribution is 2.48. The van der Waals surface area contributed by atoms with Crippen LogP contribution < -0.4 is 0 Å². The van der Waals surface area contributed by atoms with Gasteiger partial charge in [0, 0.05) is 6.54 Å². The van der Waals surface area contributed by atoms with Gasteiger partial charge in [0.05, 0.1) is 13.2 Å². The Balaban J connectivity index is 2.80. The molecule has 25 heavy (non-hydrogen) atoms. The number of esters is 1. The minimum absolute atomic E-state index is 0.00278. The van der Waals surface area contributed by atoms with Crippen LogP contribution in [0.4, 0.5) is 0 Å². The Morgan fingerprint density at radius 3 is 2.24 bits per heavy atom. The van der Waals surface area contributed by atoms with Crippen LogP contribution in [0.1, 0.15) is 33.6 Å². The van der Waals surface area contributed by atoms with E-state index in [0.29, 0.717) is 19.4 Å². The van der Waals surface area contributed by atoms with Crippen molar-refractivity contribution in [2.45, 2.75) is 45.3 Å². The number of rotatable bonds is 9. The van der Waals surface area contributed by atoms with Crippen LogP contribution in [0.25, 0.3) is 0 Å². The summed E-state index contributed by atoms with van der Waals surface area (Å²) in [6, 6.07) is -0.668. The lowest BCUT2D eigenvalue weighted by Crippen LogP contribution is -2.44. The molecule has 1 fully saturated rings. The smallest absolute Gasteiger partial charge is 0.340 e. The second kappa shape index (κ2) is 9.32. The van der Waals surface area contributed by atoms with Gasteiger partial charge in [0.25, 0.3) is 0 Å². The summed E-state index contributed by atoms with van der Waals surface area (Å²) >= 11 is 0. The maximum Gasteiger partial charge on any atom is 0.340 e. The van der Waals surface area contributed by atoms with Crippen molar-refractivity contribution in [3.05, 3.63) is 25.3 Å². The first-order chi connectivity index (χ1) is 11.6. The number of likely N-dealkylation sites (tertiary alicyclic amines) is 1. The predicted octanol–water partition coefficient (Wildman–Crippen LogP) is 2.92. The van der Waals surface area contributed by atoms with E-state index in [0.717, 1.165) is 0 Å². The van der Waals surface area contributed by atoms with E-state index in [9.17, 15) is 14.2 Å². The van der Waals surface area contributed by atoms with Gasteiger partial charge in [-0.2, -0.15) is 0 Å². The SMILES string of the molecule is C=CCOP(=O)(CC(=O)N1CCC[C@H]1C(=O)OC(C)(C)C)OCC=C. The van der Waals surface area contributed by atoms with Crippen LogP contribution in [0.2, 0.25) is 0 Å². The van der Waals surface area contributed by atoms with Gasteiger partial charge < -0.3 is 18.7 Å². The number of amides is 1. The third-order valence-corrected chi connectivity index (χ3v) is 5.10. The summed E-state index contributed by atoms with van der Waals surface area (Å²) in [5, 5.41) is 0. The minimum atomic E-state index is -3.64. The van der Waals surface area contributed by atoms with Gasteiger partial charge in [-0.1, -0.05) is 12.2 Å². The maximum absolute atomic E-state index is 12.7. The first-order valence-electron chi connectivity index (χ1n) is 8.24. The molecule has 1 saturated heterocycles. The van der Waals surface area contributed by atoms with Crippen LogP contribution in [-0.4, -0.2) is 54.3 Å². The zero-order valence-electron chi connectivity index (χ0n) is 15.2. The van der Waals surface area contributed by atoms with E-state index in [2.05, 4.69) is 13.2 Å². The molecule has 0 bridgehead atoms. The van der Waals surface area contributed by atoms with Crippen LogP contribution in [0.5, 0.6) is 0 Å². The van der Waals surface area contributed by atoms with Crippen molar-refractivity contribution in [2.24, 2.45) is 0 Å². The van der Waals surface area contributed by atoms with Crippen LogP contribution in [0.3, 0.4) is 0 Å². The molecule has 0 saturated carbocycles. The molecule has 142 valence electrons. The molecule has 1 atom stereocenters. The molecule has 0 unspecified atom stereocenters. The Morgan fingerprint density at radius 2 is 1.76 bits per heavy atom. The summed E-state index contributed by atoms with van der Waals surface area (Å²) in [6.07, 6.45) is 3.61. The molecule has 1 heterocycles. The maximum atomic E-state index is 12.7. The highest BCUT2D eigenvalue weighted by molar-refractivity contribution is 7.54. The van der Waals surface area contributed by atoms with Crippen LogP contribution in [-0.2, 0) is 27.9 Å². The number of ether oxygens (including phenoxy) is 1. The second-order valence-electron chi connectivity index (χ2n) is 6.72. The molecule has 0 N–H and O–H groups in total. The number of hydrogen-bond acceptors (Lipinski definition) is 6. The summed E-state index contributed by atoms with van der Waals surface area (Å²) in [6.45, 7) is 12.7. The molecule has 0 radical (unpaired) electrons. The molecule has 7 nitrogen and oxygen atoms in total. The van der Waals surface area contributed by atoms with Crippen LogP contribution in [0, 0.1) is 0 Å². The lowest BCUT2D eigenvalue weighted by molar-refractivity contribution is -0.162.